The summed E-state index contributed by atoms with van der Waals surface area (Å²) in [5.74, 6) is 1.46. The molecule has 0 aliphatic carbocycles. The third-order valence-electron chi connectivity index (χ3n) is 4.95. The van der Waals surface area contributed by atoms with Gasteiger partial charge in [-0.05, 0) is 37.0 Å². The van der Waals surface area contributed by atoms with Gasteiger partial charge in [0.25, 0.3) is 0 Å². The molecule has 1 aliphatic heterocycles. The van der Waals surface area contributed by atoms with Crippen molar-refractivity contribution in [2.24, 2.45) is 0 Å². The number of carbonyl (C=O) groups excluding carboxylic acids is 1. The minimum absolute atomic E-state index is 0.238. The first-order valence-corrected chi connectivity index (χ1v) is 8.92. The van der Waals surface area contributed by atoms with E-state index < -0.39 is 0 Å². The Hall–Kier alpha value is -2.69. The molecule has 0 N–H and O–H groups in total. The van der Waals surface area contributed by atoms with Crippen LogP contribution in [-0.2, 0) is 11.2 Å². The average molecular weight is 334 g/mol. The smallest absolute Gasteiger partial charge is 0.222 e. The molecule has 3 aromatic rings. The molecule has 1 amide bonds. The van der Waals surface area contributed by atoms with E-state index in [4.69, 9.17) is 0 Å². The molecule has 5 nitrogen and oxygen atoms in total. The zero-order valence-corrected chi connectivity index (χ0v) is 14.2. The number of rotatable bonds is 4. The summed E-state index contributed by atoms with van der Waals surface area (Å²) in [6.07, 6.45) is 5.44. The molecule has 0 spiro atoms. The summed E-state index contributed by atoms with van der Waals surface area (Å²) in [5, 5.41) is 8.63. The van der Waals surface area contributed by atoms with Crippen LogP contribution in [-0.4, -0.2) is 38.5 Å². The number of benzene rings is 1. The fraction of sp³-hybridized carbons (Fsp3) is 0.350. The second-order valence-corrected chi connectivity index (χ2v) is 6.65. The van der Waals surface area contributed by atoms with E-state index in [0.717, 1.165) is 43.8 Å². The Bertz CT molecular complexity index is 858. The second kappa shape index (κ2) is 7.05. The number of aromatic nitrogens is 3. The van der Waals surface area contributed by atoms with Crippen molar-refractivity contribution in [2.45, 2.75) is 31.6 Å². The van der Waals surface area contributed by atoms with Crippen LogP contribution in [0, 0.1) is 0 Å². The highest BCUT2D eigenvalue weighted by Crippen LogP contribution is 2.26. The Labute approximate surface area is 147 Å². The van der Waals surface area contributed by atoms with Crippen molar-refractivity contribution >= 4 is 11.6 Å². The molecule has 5 heteroatoms. The molecule has 0 unspecified atom stereocenters. The van der Waals surface area contributed by atoms with Gasteiger partial charge in [0.2, 0.25) is 5.91 Å². The lowest BCUT2D eigenvalue weighted by atomic mass is 9.96. The standard InChI is InChI=1S/C20H22N4O/c25-19(12-11-16-7-2-1-3-8-16)23-13-6-9-17(15-23)20-22-21-18-10-4-5-14-24(18)20/h1-5,7-8,10,14,17H,6,9,11-13,15H2/t17-/m0/s1. The van der Waals surface area contributed by atoms with Crippen LogP contribution >= 0.6 is 0 Å². The second-order valence-electron chi connectivity index (χ2n) is 6.65. The monoisotopic (exact) mass is 334 g/mol. The van der Waals surface area contributed by atoms with Crippen LogP contribution in [0.25, 0.3) is 5.65 Å². The number of aryl methyl sites for hydroxylation is 1. The highest BCUT2D eigenvalue weighted by molar-refractivity contribution is 5.76. The van der Waals surface area contributed by atoms with Crippen molar-refractivity contribution in [1.82, 2.24) is 19.5 Å². The summed E-state index contributed by atoms with van der Waals surface area (Å²) in [5.41, 5.74) is 2.08. The SMILES string of the molecule is O=C(CCc1ccccc1)N1CCC[C@H](c2nnc3ccccn23)C1. The van der Waals surface area contributed by atoms with E-state index in [1.807, 2.05) is 51.9 Å². The van der Waals surface area contributed by atoms with Crippen LogP contribution < -0.4 is 0 Å². The van der Waals surface area contributed by atoms with Crippen LogP contribution in [0.5, 0.6) is 0 Å². The third kappa shape index (κ3) is 3.40. The molecule has 1 aliphatic rings. The van der Waals surface area contributed by atoms with E-state index >= 15 is 0 Å². The Kier molecular flexibility index (Phi) is 4.46. The summed E-state index contributed by atoms with van der Waals surface area (Å²) in [7, 11) is 0. The fourth-order valence-corrected chi connectivity index (χ4v) is 3.61. The van der Waals surface area contributed by atoms with Crippen LogP contribution in [0.2, 0.25) is 0 Å². The Morgan fingerprint density at radius 1 is 1.08 bits per heavy atom. The van der Waals surface area contributed by atoms with Crippen molar-refractivity contribution in [3.05, 3.63) is 66.1 Å². The number of pyridine rings is 1. The Morgan fingerprint density at radius 3 is 2.80 bits per heavy atom. The summed E-state index contributed by atoms with van der Waals surface area (Å²) in [6, 6.07) is 16.1. The molecule has 1 fully saturated rings. The molecule has 2 aromatic heterocycles. The number of likely N-dealkylation sites (tertiary alicyclic amines) is 1. The molecule has 3 heterocycles. The van der Waals surface area contributed by atoms with Gasteiger partial charge in [-0.15, -0.1) is 10.2 Å². The highest BCUT2D eigenvalue weighted by Gasteiger charge is 2.27. The number of carbonyl (C=O) groups is 1. The summed E-state index contributed by atoms with van der Waals surface area (Å²) in [6.45, 7) is 1.59. The minimum Gasteiger partial charge on any atom is -0.342 e. The lowest BCUT2D eigenvalue weighted by Gasteiger charge is -2.32. The van der Waals surface area contributed by atoms with Gasteiger partial charge < -0.3 is 4.90 Å². The predicted octanol–water partition coefficient (Wildman–Crippen LogP) is 3.07. The topological polar surface area (TPSA) is 50.5 Å². The molecule has 4 rings (SSSR count). The van der Waals surface area contributed by atoms with Gasteiger partial charge in [0.05, 0.1) is 0 Å². The minimum atomic E-state index is 0.238. The molecule has 0 bridgehead atoms. The van der Waals surface area contributed by atoms with E-state index in [1.54, 1.807) is 0 Å². The molecule has 1 aromatic carbocycles. The number of hydrogen-bond acceptors (Lipinski definition) is 3. The lowest BCUT2D eigenvalue weighted by molar-refractivity contribution is -0.132. The highest BCUT2D eigenvalue weighted by atomic mass is 16.2. The number of piperidine rings is 1. The van der Waals surface area contributed by atoms with Crippen LogP contribution in [0.3, 0.4) is 0 Å². The van der Waals surface area contributed by atoms with Crippen LogP contribution in [0.15, 0.2) is 54.7 Å². The normalized spacial score (nSPS) is 17.8. The largest absolute Gasteiger partial charge is 0.342 e. The van der Waals surface area contributed by atoms with Gasteiger partial charge in [0, 0.05) is 31.6 Å². The number of fused-ring (bicyclic) bond motifs is 1. The summed E-state index contributed by atoms with van der Waals surface area (Å²) >= 11 is 0. The van der Waals surface area contributed by atoms with E-state index in [1.165, 1.54) is 5.56 Å². The molecule has 1 saturated heterocycles. The maximum Gasteiger partial charge on any atom is 0.222 e. The van der Waals surface area contributed by atoms with E-state index in [2.05, 4.69) is 22.3 Å². The Balaban J connectivity index is 1.43. The quantitative estimate of drug-likeness (QED) is 0.737. The average Bonchev–Trinajstić information content (AvgIpc) is 3.11. The molecule has 0 radical (unpaired) electrons. The summed E-state index contributed by atoms with van der Waals surface area (Å²) < 4.78 is 2.04. The van der Waals surface area contributed by atoms with Gasteiger partial charge in [0.15, 0.2) is 5.65 Å². The number of hydrogen-bond donors (Lipinski definition) is 0. The van der Waals surface area contributed by atoms with Gasteiger partial charge in [-0.25, -0.2) is 0 Å². The lowest BCUT2D eigenvalue weighted by Crippen LogP contribution is -2.39. The van der Waals surface area contributed by atoms with Crippen molar-refractivity contribution in [2.75, 3.05) is 13.1 Å². The zero-order chi connectivity index (χ0) is 17.1. The van der Waals surface area contributed by atoms with Gasteiger partial charge in [-0.3, -0.25) is 9.20 Å². The molecule has 1 atom stereocenters. The first kappa shape index (κ1) is 15.8. The van der Waals surface area contributed by atoms with Crippen molar-refractivity contribution in [3.8, 4) is 0 Å². The molecular weight excluding hydrogens is 312 g/mol. The maximum atomic E-state index is 12.6. The Morgan fingerprint density at radius 2 is 1.92 bits per heavy atom. The molecule has 0 saturated carbocycles. The van der Waals surface area contributed by atoms with Crippen LogP contribution in [0.4, 0.5) is 0 Å². The summed E-state index contributed by atoms with van der Waals surface area (Å²) in [4.78, 5) is 14.6. The van der Waals surface area contributed by atoms with Crippen molar-refractivity contribution in [1.29, 1.82) is 0 Å². The number of nitrogens with zero attached hydrogens (tertiary/aromatic N) is 4. The van der Waals surface area contributed by atoms with E-state index in [0.29, 0.717) is 6.42 Å². The van der Waals surface area contributed by atoms with Gasteiger partial charge >= 0.3 is 0 Å². The zero-order valence-electron chi connectivity index (χ0n) is 14.2. The molecule has 128 valence electrons. The van der Waals surface area contributed by atoms with E-state index in [-0.39, 0.29) is 11.8 Å². The van der Waals surface area contributed by atoms with Gasteiger partial charge in [0.1, 0.15) is 5.82 Å². The van der Waals surface area contributed by atoms with Gasteiger partial charge in [-0.2, -0.15) is 0 Å². The first-order valence-electron chi connectivity index (χ1n) is 8.92. The number of amides is 1. The predicted molar refractivity (Wildman–Crippen MR) is 96.3 cm³/mol. The first-order chi connectivity index (χ1) is 12.3. The van der Waals surface area contributed by atoms with Crippen molar-refractivity contribution < 1.29 is 4.79 Å². The fourth-order valence-electron chi connectivity index (χ4n) is 3.61. The van der Waals surface area contributed by atoms with Crippen LogP contribution in [0.1, 0.15) is 36.6 Å². The third-order valence-corrected chi connectivity index (χ3v) is 4.95. The van der Waals surface area contributed by atoms with E-state index in [9.17, 15) is 4.79 Å². The van der Waals surface area contributed by atoms with Gasteiger partial charge in [-0.1, -0.05) is 36.4 Å². The molecule has 25 heavy (non-hydrogen) atoms. The molecular formula is C20H22N4O. The maximum absolute atomic E-state index is 12.6. The van der Waals surface area contributed by atoms with Crippen molar-refractivity contribution in [3.63, 3.8) is 0 Å².